The lowest BCUT2D eigenvalue weighted by atomic mass is 10.2. The summed E-state index contributed by atoms with van der Waals surface area (Å²) in [6.45, 7) is -0.0751. The minimum Gasteiger partial charge on any atom is -0.376 e. The summed E-state index contributed by atoms with van der Waals surface area (Å²) in [6.07, 6.45) is 1.65. The monoisotopic (exact) mass is 313 g/mol. The summed E-state index contributed by atoms with van der Waals surface area (Å²) in [4.78, 5) is 16.3. The Morgan fingerprint density at radius 2 is 1.87 bits per heavy atom. The molecule has 0 bridgehead atoms. The Hall–Kier alpha value is -3.02. The average Bonchev–Trinajstić information content (AvgIpc) is 2.56. The van der Waals surface area contributed by atoms with Crippen molar-refractivity contribution in [2.24, 2.45) is 0 Å². The molecule has 0 atom stereocenters. The van der Waals surface area contributed by atoms with Gasteiger partial charge in [-0.2, -0.15) is 0 Å². The molecule has 0 saturated heterocycles. The molecular weight excluding hydrogens is 300 g/mol. The molecule has 0 aliphatic carbocycles. The standard InChI is InChI=1S/C17H13F2N3O/c18-13-7-6-12(9-14(13)19)21-10-16(23)22-15-5-1-3-11-4-2-8-20-17(11)15/h1-9,21H,10H2,(H,22,23). The second-order valence-electron chi connectivity index (χ2n) is 4.91. The number of amides is 1. The highest BCUT2D eigenvalue weighted by molar-refractivity contribution is 6.01. The van der Waals surface area contributed by atoms with Crippen molar-refractivity contribution in [3.05, 3.63) is 66.4 Å². The van der Waals surface area contributed by atoms with E-state index in [-0.39, 0.29) is 12.5 Å². The number of para-hydroxylation sites is 1. The molecule has 1 aromatic heterocycles. The number of carbonyl (C=O) groups is 1. The Morgan fingerprint density at radius 1 is 1.04 bits per heavy atom. The number of rotatable bonds is 4. The number of benzene rings is 2. The van der Waals surface area contributed by atoms with E-state index in [1.165, 1.54) is 6.07 Å². The lowest BCUT2D eigenvalue weighted by Crippen LogP contribution is -2.22. The Morgan fingerprint density at radius 3 is 2.70 bits per heavy atom. The molecule has 23 heavy (non-hydrogen) atoms. The highest BCUT2D eigenvalue weighted by Gasteiger charge is 2.07. The fourth-order valence-corrected chi connectivity index (χ4v) is 2.19. The molecule has 4 nitrogen and oxygen atoms in total. The third kappa shape index (κ3) is 3.42. The minimum atomic E-state index is -0.964. The number of nitrogens with one attached hydrogen (secondary N) is 2. The van der Waals surface area contributed by atoms with Crippen LogP contribution in [0.25, 0.3) is 10.9 Å². The molecule has 0 radical (unpaired) electrons. The molecular formula is C17H13F2N3O. The lowest BCUT2D eigenvalue weighted by Gasteiger charge is -2.09. The van der Waals surface area contributed by atoms with Gasteiger partial charge in [0.2, 0.25) is 5.91 Å². The summed E-state index contributed by atoms with van der Waals surface area (Å²) < 4.78 is 25.9. The van der Waals surface area contributed by atoms with Crippen molar-refractivity contribution < 1.29 is 13.6 Å². The van der Waals surface area contributed by atoms with E-state index in [9.17, 15) is 13.6 Å². The lowest BCUT2D eigenvalue weighted by molar-refractivity contribution is -0.114. The maximum Gasteiger partial charge on any atom is 0.243 e. The van der Waals surface area contributed by atoms with E-state index in [4.69, 9.17) is 0 Å². The number of nitrogens with zero attached hydrogens (tertiary/aromatic N) is 1. The first-order chi connectivity index (χ1) is 11.1. The highest BCUT2D eigenvalue weighted by atomic mass is 19.2. The summed E-state index contributed by atoms with van der Waals surface area (Å²) in [5.41, 5.74) is 1.62. The van der Waals surface area contributed by atoms with E-state index < -0.39 is 11.6 Å². The van der Waals surface area contributed by atoms with Crippen LogP contribution in [0.3, 0.4) is 0 Å². The van der Waals surface area contributed by atoms with Crippen molar-refractivity contribution in [1.82, 2.24) is 4.98 Å². The summed E-state index contributed by atoms with van der Waals surface area (Å²) in [5, 5.41) is 6.41. The highest BCUT2D eigenvalue weighted by Crippen LogP contribution is 2.20. The van der Waals surface area contributed by atoms with Gasteiger partial charge in [0.1, 0.15) is 0 Å². The Kier molecular flexibility index (Phi) is 4.14. The van der Waals surface area contributed by atoms with Crippen molar-refractivity contribution in [3.63, 3.8) is 0 Å². The Bertz CT molecular complexity index is 862. The molecule has 2 aromatic carbocycles. The van der Waals surface area contributed by atoms with Gasteiger partial charge in [-0.15, -0.1) is 0 Å². The maximum absolute atomic E-state index is 13.1. The summed E-state index contributed by atoms with van der Waals surface area (Å²) in [6, 6.07) is 12.6. The number of halogens is 2. The largest absolute Gasteiger partial charge is 0.376 e. The predicted octanol–water partition coefficient (Wildman–Crippen LogP) is 3.56. The second-order valence-corrected chi connectivity index (χ2v) is 4.91. The van der Waals surface area contributed by atoms with Crippen LogP contribution >= 0.6 is 0 Å². The molecule has 0 unspecified atom stereocenters. The molecule has 6 heteroatoms. The Balaban J connectivity index is 1.68. The number of carbonyl (C=O) groups excluding carboxylic acids is 1. The van der Waals surface area contributed by atoms with Crippen molar-refractivity contribution in [2.45, 2.75) is 0 Å². The van der Waals surface area contributed by atoms with Gasteiger partial charge < -0.3 is 10.6 Å². The van der Waals surface area contributed by atoms with Gasteiger partial charge in [-0.3, -0.25) is 9.78 Å². The van der Waals surface area contributed by atoms with Crippen LogP contribution in [0.5, 0.6) is 0 Å². The van der Waals surface area contributed by atoms with Gasteiger partial charge in [-0.1, -0.05) is 18.2 Å². The number of pyridine rings is 1. The smallest absolute Gasteiger partial charge is 0.243 e. The zero-order valence-electron chi connectivity index (χ0n) is 12.0. The van der Waals surface area contributed by atoms with Crippen molar-refractivity contribution in [1.29, 1.82) is 0 Å². The van der Waals surface area contributed by atoms with E-state index >= 15 is 0 Å². The van der Waals surface area contributed by atoms with Crippen LogP contribution in [-0.4, -0.2) is 17.4 Å². The zero-order valence-corrected chi connectivity index (χ0v) is 12.0. The maximum atomic E-state index is 13.1. The third-order valence-electron chi connectivity index (χ3n) is 3.28. The topological polar surface area (TPSA) is 54.0 Å². The van der Waals surface area contributed by atoms with Crippen molar-refractivity contribution in [3.8, 4) is 0 Å². The van der Waals surface area contributed by atoms with E-state index in [1.54, 1.807) is 12.3 Å². The van der Waals surface area contributed by atoms with Gasteiger partial charge in [0.15, 0.2) is 11.6 Å². The number of hydrogen-bond acceptors (Lipinski definition) is 3. The van der Waals surface area contributed by atoms with Gasteiger partial charge in [0.25, 0.3) is 0 Å². The number of hydrogen-bond donors (Lipinski definition) is 2. The molecule has 0 aliphatic rings. The van der Waals surface area contributed by atoms with E-state index in [2.05, 4.69) is 15.6 Å². The minimum absolute atomic E-state index is 0.0751. The quantitative estimate of drug-likeness (QED) is 0.774. The first-order valence-electron chi connectivity index (χ1n) is 6.96. The molecule has 0 fully saturated rings. The summed E-state index contributed by atoms with van der Waals surface area (Å²) in [7, 11) is 0. The predicted molar refractivity (Wildman–Crippen MR) is 85.2 cm³/mol. The van der Waals surface area contributed by atoms with Gasteiger partial charge in [0, 0.05) is 23.3 Å². The number of aromatic nitrogens is 1. The summed E-state index contributed by atoms with van der Waals surface area (Å²) >= 11 is 0. The third-order valence-corrected chi connectivity index (χ3v) is 3.28. The van der Waals surface area contributed by atoms with Crippen LogP contribution in [-0.2, 0) is 4.79 Å². The first-order valence-corrected chi connectivity index (χ1v) is 6.96. The molecule has 0 saturated carbocycles. The van der Waals surface area contributed by atoms with Crippen molar-refractivity contribution >= 4 is 28.2 Å². The average molecular weight is 313 g/mol. The van der Waals surface area contributed by atoms with Crippen LogP contribution in [0, 0.1) is 11.6 Å². The molecule has 0 aliphatic heterocycles. The molecule has 3 rings (SSSR count). The first kappa shape index (κ1) is 14.9. The molecule has 3 aromatic rings. The zero-order chi connectivity index (χ0) is 16.2. The van der Waals surface area contributed by atoms with E-state index in [0.29, 0.717) is 16.9 Å². The molecule has 2 N–H and O–H groups in total. The Labute approximate surface area is 131 Å². The van der Waals surface area contributed by atoms with Crippen LogP contribution in [0.1, 0.15) is 0 Å². The molecule has 1 amide bonds. The van der Waals surface area contributed by atoms with Crippen LogP contribution in [0.4, 0.5) is 20.2 Å². The molecule has 0 spiro atoms. The number of anilines is 2. The van der Waals surface area contributed by atoms with Gasteiger partial charge in [-0.25, -0.2) is 8.78 Å². The van der Waals surface area contributed by atoms with E-state index in [0.717, 1.165) is 17.5 Å². The second kappa shape index (κ2) is 6.39. The van der Waals surface area contributed by atoms with Gasteiger partial charge in [-0.05, 0) is 24.3 Å². The van der Waals surface area contributed by atoms with Crippen LogP contribution in [0.2, 0.25) is 0 Å². The normalized spacial score (nSPS) is 10.5. The summed E-state index contributed by atoms with van der Waals surface area (Å²) in [5.74, 6) is -2.21. The SMILES string of the molecule is O=C(CNc1ccc(F)c(F)c1)Nc1cccc2cccnc12. The molecule has 1 heterocycles. The fraction of sp³-hybridized carbons (Fsp3) is 0.0588. The van der Waals surface area contributed by atoms with E-state index in [1.807, 2.05) is 24.3 Å². The van der Waals surface area contributed by atoms with Crippen LogP contribution in [0.15, 0.2) is 54.7 Å². The molecule has 116 valence electrons. The fourth-order valence-electron chi connectivity index (χ4n) is 2.19. The van der Waals surface area contributed by atoms with Gasteiger partial charge >= 0.3 is 0 Å². The number of fused-ring (bicyclic) bond motifs is 1. The van der Waals surface area contributed by atoms with Crippen LogP contribution < -0.4 is 10.6 Å². The van der Waals surface area contributed by atoms with Gasteiger partial charge in [0.05, 0.1) is 17.7 Å². The van der Waals surface area contributed by atoms with Crippen molar-refractivity contribution in [2.75, 3.05) is 17.2 Å².